The predicted octanol–water partition coefficient (Wildman–Crippen LogP) is 4.35. The molecular formula is C32H33ClN2O5S. The lowest BCUT2D eigenvalue weighted by molar-refractivity contribution is -0.153. The van der Waals surface area contributed by atoms with Gasteiger partial charge in [0.1, 0.15) is 6.04 Å². The Bertz CT molecular complexity index is 1390. The number of hydrogen-bond acceptors (Lipinski definition) is 6. The number of allylic oxidation sites excluding steroid dienone is 1. The van der Waals surface area contributed by atoms with E-state index < -0.39 is 34.6 Å². The van der Waals surface area contributed by atoms with Crippen molar-refractivity contribution >= 4 is 46.8 Å². The number of nitrogens with zero attached hydrogens (tertiary/aromatic N) is 2. The average Bonchev–Trinajstić information content (AvgIpc) is 3.38. The van der Waals surface area contributed by atoms with E-state index >= 15 is 0 Å². The fourth-order valence-electron chi connectivity index (χ4n) is 6.89. The van der Waals surface area contributed by atoms with Gasteiger partial charge in [-0.3, -0.25) is 14.4 Å². The van der Waals surface area contributed by atoms with E-state index in [9.17, 15) is 19.5 Å². The molecule has 6 rings (SSSR count). The summed E-state index contributed by atoms with van der Waals surface area (Å²) in [6.07, 6.45) is 9.81. The number of carbonyl (C=O) groups is 3. The van der Waals surface area contributed by atoms with E-state index in [1.54, 1.807) is 15.9 Å². The number of likely N-dealkylation sites (tertiary alicyclic amines) is 1. The first-order valence-electron chi connectivity index (χ1n) is 14.1. The molecular weight excluding hydrogens is 560 g/mol. The van der Waals surface area contributed by atoms with Crippen molar-refractivity contribution in [3.63, 3.8) is 0 Å². The van der Waals surface area contributed by atoms with Crippen LogP contribution in [0.15, 0.2) is 72.8 Å². The molecule has 0 aliphatic carbocycles. The maximum absolute atomic E-state index is 14.8. The number of rotatable bonds is 5. The van der Waals surface area contributed by atoms with Crippen molar-refractivity contribution in [2.24, 2.45) is 11.8 Å². The van der Waals surface area contributed by atoms with Gasteiger partial charge in [-0.25, -0.2) is 0 Å². The number of thioether (sulfide) groups is 1. The molecule has 2 aromatic rings. The topological polar surface area (TPSA) is 87.2 Å². The smallest absolute Gasteiger partial charge is 0.311 e. The van der Waals surface area contributed by atoms with Crippen LogP contribution < -0.4 is 4.90 Å². The zero-order chi connectivity index (χ0) is 28.7. The van der Waals surface area contributed by atoms with Crippen molar-refractivity contribution in [2.45, 2.75) is 48.3 Å². The minimum Gasteiger partial charge on any atom is -0.465 e. The highest BCUT2D eigenvalue weighted by Crippen LogP contribution is 2.61. The Balaban J connectivity index is 1.50. The lowest BCUT2D eigenvalue weighted by Crippen LogP contribution is -2.57. The van der Waals surface area contributed by atoms with Gasteiger partial charge in [-0.2, -0.15) is 0 Å². The number of fused-ring (bicyclic) bond motifs is 2. The second-order valence-corrected chi connectivity index (χ2v) is 13.0. The number of para-hydroxylation sites is 1. The fourth-order valence-corrected chi connectivity index (χ4v) is 9.20. The van der Waals surface area contributed by atoms with Crippen LogP contribution in [-0.4, -0.2) is 69.6 Å². The Morgan fingerprint density at radius 2 is 1.90 bits per heavy atom. The van der Waals surface area contributed by atoms with Crippen LogP contribution in [0.3, 0.4) is 0 Å². The first-order valence-corrected chi connectivity index (χ1v) is 15.4. The summed E-state index contributed by atoms with van der Waals surface area (Å²) < 4.78 is 4.64. The molecule has 2 fully saturated rings. The van der Waals surface area contributed by atoms with Gasteiger partial charge in [0.25, 0.3) is 5.91 Å². The van der Waals surface area contributed by atoms with Gasteiger partial charge in [0.15, 0.2) is 0 Å². The Kier molecular flexibility index (Phi) is 7.74. The molecule has 0 saturated carbocycles. The van der Waals surface area contributed by atoms with Crippen molar-refractivity contribution in [3.05, 3.63) is 89.0 Å². The van der Waals surface area contributed by atoms with E-state index in [0.717, 1.165) is 24.0 Å². The average molecular weight is 593 g/mol. The molecule has 0 radical (unpaired) electrons. The van der Waals surface area contributed by atoms with Crippen LogP contribution in [0.5, 0.6) is 0 Å². The number of anilines is 1. The monoisotopic (exact) mass is 592 g/mol. The number of halogens is 1. The molecule has 214 valence electrons. The summed E-state index contributed by atoms with van der Waals surface area (Å²) in [5.74, 6) is -2.53. The molecule has 4 heterocycles. The summed E-state index contributed by atoms with van der Waals surface area (Å²) in [6, 6.07) is 13.5. The molecule has 2 amide bonds. The Hall–Kier alpha value is -3.07. The highest BCUT2D eigenvalue weighted by Gasteiger charge is 2.71. The van der Waals surface area contributed by atoms with Crippen LogP contribution >= 0.6 is 23.4 Å². The van der Waals surface area contributed by atoms with Crippen molar-refractivity contribution in [1.29, 1.82) is 0 Å². The Morgan fingerprint density at radius 3 is 2.66 bits per heavy atom. The van der Waals surface area contributed by atoms with Gasteiger partial charge < -0.3 is 19.6 Å². The van der Waals surface area contributed by atoms with Gasteiger partial charge in [-0.05, 0) is 43.4 Å². The zero-order valence-corrected chi connectivity index (χ0v) is 24.4. The Labute approximate surface area is 249 Å². The zero-order valence-electron chi connectivity index (χ0n) is 22.8. The van der Waals surface area contributed by atoms with E-state index in [2.05, 4.69) is 6.08 Å². The lowest BCUT2D eigenvalue weighted by Gasteiger charge is -2.39. The van der Waals surface area contributed by atoms with Crippen LogP contribution in [-0.2, 0) is 25.5 Å². The molecule has 4 aliphatic rings. The molecule has 7 nitrogen and oxygen atoms in total. The van der Waals surface area contributed by atoms with Crippen molar-refractivity contribution < 1.29 is 24.2 Å². The van der Waals surface area contributed by atoms with Gasteiger partial charge in [0.05, 0.1) is 46.5 Å². The minimum absolute atomic E-state index is 0.273. The third kappa shape index (κ3) is 4.70. The van der Waals surface area contributed by atoms with Gasteiger partial charge in [0.2, 0.25) is 5.91 Å². The standard InChI is InChI=1S/C32H33ClN2O5S/c1-20-10-8-13-23(33)27(20)34-16-9-15-32-26(25-24(41-32)14-6-3-7-17-40-31(25)39)29(37)35(28(32)30(34)38)22(19-36)18-21-11-4-2-5-12-21/h2,4-6,8-15,22,24-26,28,36H,3,7,16-19H2,1H3/b14-6-/t22-,24-,25+,26+,28?,32+/m1/s1. The van der Waals surface area contributed by atoms with Crippen molar-refractivity contribution in [1.82, 2.24) is 4.90 Å². The van der Waals surface area contributed by atoms with Crippen LogP contribution in [0.2, 0.25) is 5.02 Å². The van der Waals surface area contributed by atoms with Crippen LogP contribution in [0, 0.1) is 18.8 Å². The highest BCUT2D eigenvalue weighted by atomic mass is 35.5. The van der Waals surface area contributed by atoms with Gasteiger partial charge in [-0.15, -0.1) is 11.8 Å². The van der Waals surface area contributed by atoms with Crippen molar-refractivity contribution in [2.75, 3.05) is 24.7 Å². The third-order valence-electron chi connectivity index (χ3n) is 8.67. The SMILES string of the molecule is Cc1cccc(Cl)c1N1CC=C[C@]23S[C@@H]4/C=C\CCCOC(=O)[C@@H]4[C@H]2C(=O)N([C@@H](CO)Cc2ccccc2)C3C1=O. The molecule has 2 aromatic carbocycles. The largest absolute Gasteiger partial charge is 0.465 e. The number of carbonyl (C=O) groups excluding carboxylic acids is 3. The van der Waals surface area contributed by atoms with Gasteiger partial charge in [-0.1, -0.05) is 78.4 Å². The quantitative estimate of drug-likeness (QED) is 0.410. The second kappa shape index (κ2) is 11.3. The van der Waals surface area contributed by atoms with Gasteiger partial charge in [0, 0.05) is 11.8 Å². The van der Waals surface area contributed by atoms with Crippen LogP contribution in [0.4, 0.5) is 5.69 Å². The number of benzene rings is 2. The predicted molar refractivity (Wildman–Crippen MR) is 160 cm³/mol. The molecule has 1 spiro atoms. The number of hydrogen-bond donors (Lipinski definition) is 1. The number of amides is 2. The van der Waals surface area contributed by atoms with Gasteiger partial charge >= 0.3 is 5.97 Å². The van der Waals surface area contributed by atoms with Crippen LogP contribution in [0.1, 0.15) is 24.0 Å². The van der Waals surface area contributed by atoms with E-state index in [-0.39, 0.29) is 30.2 Å². The van der Waals surface area contributed by atoms with E-state index in [4.69, 9.17) is 16.3 Å². The summed E-state index contributed by atoms with van der Waals surface area (Å²) in [4.78, 5) is 46.1. The van der Waals surface area contributed by atoms with E-state index in [0.29, 0.717) is 23.7 Å². The highest BCUT2D eigenvalue weighted by molar-refractivity contribution is 8.02. The molecule has 0 aromatic heterocycles. The maximum Gasteiger partial charge on any atom is 0.311 e. The lowest BCUT2D eigenvalue weighted by atomic mass is 9.78. The molecule has 9 heteroatoms. The summed E-state index contributed by atoms with van der Waals surface area (Å²) in [6.45, 7) is 2.14. The molecule has 1 unspecified atom stereocenters. The Morgan fingerprint density at radius 1 is 1.10 bits per heavy atom. The second-order valence-electron chi connectivity index (χ2n) is 11.1. The third-order valence-corrected chi connectivity index (χ3v) is 10.7. The summed E-state index contributed by atoms with van der Waals surface area (Å²) >= 11 is 8.15. The molecule has 0 bridgehead atoms. The number of aliphatic hydroxyl groups is 1. The van der Waals surface area contributed by atoms with E-state index in [1.807, 2.05) is 67.6 Å². The minimum atomic E-state index is -1.01. The fraction of sp³-hybridized carbons (Fsp3) is 0.406. The molecule has 6 atom stereocenters. The normalized spacial score (nSPS) is 30.9. The number of ether oxygens (including phenoxy) is 1. The molecule has 41 heavy (non-hydrogen) atoms. The first kappa shape index (κ1) is 28.1. The maximum atomic E-state index is 14.8. The van der Waals surface area contributed by atoms with E-state index in [1.165, 1.54) is 11.8 Å². The number of esters is 1. The summed E-state index contributed by atoms with van der Waals surface area (Å²) in [5, 5.41) is 10.8. The summed E-state index contributed by atoms with van der Waals surface area (Å²) in [5.41, 5.74) is 2.38. The van der Waals surface area contributed by atoms with Crippen molar-refractivity contribution in [3.8, 4) is 0 Å². The number of cyclic esters (lactones) is 1. The number of aliphatic hydroxyl groups excluding tert-OH is 1. The van der Waals surface area contributed by atoms with Crippen LogP contribution in [0.25, 0.3) is 0 Å². The molecule has 4 aliphatic heterocycles. The first-order chi connectivity index (χ1) is 19.9. The number of aryl methyl sites for hydroxylation is 1. The summed E-state index contributed by atoms with van der Waals surface area (Å²) in [7, 11) is 0. The molecule has 2 saturated heterocycles. The molecule has 1 N–H and O–H groups in total.